The predicted molar refractivity (Wildman–Crippen MR) is 74.0 cm³/mol. The molecular weight excluding hydrogens is 246 g/mol. The zero-order chi connectivity index (χ0) is 12.5. The number of benzene rings is 1. The molecule has 18 heavy (non-hydrogen) atoms. The summed E-state index contributed by atoms with van der Waals surface area (Å²) in [5.74, 6) is 0. The molecule has 0 atom stereocenters. The Balaban J connectivity index is 1.71. The molecule has 3 nitrogen and oxygen atoms in total. The highest BCUT2D eigenvalue weighted by atomic mass is 35.5. The van der Waals surface area contributed by atoms with Gasteiger partial charge in [0.15, 0.2) is 0 Å². The predicted octanol–water partition coefficient (Wildman–Crippen LogP) is 3.79. The Bertz CT molecular complexity index is 558. The third-order valence-corrected chi connectivity index (χ3v) is 3.58. The lowest BCUT2D eigenvalue weighted by molar-refractivity contribution is 0.701. The van der Waals surface area contributed by atoms with Gasteiger partial charge >= 0.3 is 0 Å². The normalized spacial score (nSPS) is 14.8. The van der Waals surface area contributed by atoms with Gasteiger partial charge in [-0.15, -0.1) is 0 Å². The van der Waals surface area contributed by atoms with E-state index in [0.29, 0.717) is 6.04 Å². The number of halogens is 1. The van der Waals surface area contributed by atoms with Crippen molar-refractivity contribution in [3.63, 3.8) is 0 Å². The van der Waals surface area contributed by atoms with Crippen LogP contribution in [0, 0.1) is 6.92 Å². The first-order valence-corrected chi connectivity index (χ1v) is 6.62. The molecule has 2 aromatic rings. The van der Waals surface area contributed by atoms with Gasteiger partial charge in [-0.2, -0.15) is 0 Å². The molecule has 94 valence electrons. The van der Waals surface area contributed by atoms with Crippen molar-refractivity contribution in [3.8, 4) is 0 Å². The van der Waals surface area contributed by atoms with E-state index < -0.39 is 0 Å². The van der Waals surface area contributed by atoms with Crippen molar-refractivity contribution in [1.82, 2.24) is 9.55 Å². The number of nitrogens with zero attached hydrogens (tertiary/aromatic N) is 2. The van der Waals surface area contributed by atoms with Crippen LogP contribution >= 0.6 is 11.6 Å². The van der Waals surface area contributed by atoms with Gasteiger partial charge in [-0.05, 0) is 37.5 Å². The standard InChI is InChI=1S/C14H16ClN3/c1-10-2-5-14(13(15)6-10)17-8-12-7-16-9-18(12)11-3-4-11/h2,5-7,9,11,17H,3-4,8H2,1H3. The maximum atomic E-state index is 6.20. The maximum Gasteiger partial charge on any atom is 0.0951 e. The Labute approximate surface area is 112 Å². The molecule has 3 rings (SSSR count). The Morgan fingerprint density at radius 2 is 2.28 bits per heavy atom. The highest BCUT2D eigenvalue weighted by Gasteiger charge is 2.24. The smallest absolute Gasteiger partial charge is 0.0951 e. The van der Waals surface area contributed by atoms with Crippen LogP contribution in [0.1, 0.15) is 30.1 Å². The van der Waals surface area contributed by atoms with Gasteiger partial charge in [0, 0.05) is 12.2 Å². The van der Waals surface area contributed by atoms with Crippen molar-refractivity contribution < 1.29 is 0 Å². The number of rotatable bonds is 4. The SMILES string of the molecule is Cc1ccc(NCc2cncn2C2CC2)c(Cl)c1. The zero-order valence-corrected chi connectivity index (χ0v) is 11.1. The summed E-state index contributed by atoms with van der Waals surface area (Å²) in [6, 6.07) is 6.72. The van der Waals surface area contributed by atoms with Crippen LogP contribution in [-0.2, 0) is 6.54 Å². The molecule has 1 aliphatic rings. The highest BCUT2D eigenvalue weighted by molar-refractivity contribution is 6.33. The van der Waals surface area contributed by atoms with Crippen molar-refractivity contribution in [3.05, 3.63) is 47.0 Å². The molecule has 0 bridgehead atoms. The molecular formula is C14H16ClN3. The van der Waals surface area contributed by atoms with E-state index in [1.165, 1.54) is 24.1 Å². The minimum atomic E-state index is 0.665. The van der Waals surface area contributed by atoms with Gasteiger partial charge in [-0.3, -0.25) is 0 Å². The number of imidazole rings is 1. The highest BCUT2D eigenvalue weighted by Crippen LogP contribution is 2.35. The summed E-state index contributed by atoms with van der Waals surface area (Å²) in [4.78, 5) is 4.22. The molecule has 1 saturated carbocycles. The lowest BCUT2D eigenvalue weighted by Crippen LogP contribution is -2.06. The van der Waals surface area contributed by atoms with Gasteiger partial charge in [-0.25, -0.2) is 4.98 Å². The van der Waals surface area contributed by atoms with Crippen LogP contribution in [0.5, 0.6) is 0 Å². The van der Waals surface area contributed by atoms with Gasteiger partial charge in [0.2, 0.25) is 0 Å². The van der Waals surface area contributed by atoms with E-state index >= 15 is 0 Å². The average molecular weight is 262 g/mol. The number of hydrogen-bond donors (Lipinski definition) is 1. The number of hydrogen-bond acceptors (Lipinski definition) is 2. The van der Waals surface area contributed by atoms with Gasteiger partial charge in [-0.1, -0.05) is 17.7 Å². The number of aromatic nitrogens is 2. The third kappa shape index (κ3) is 2.36. The van der Waals surface area contributed by atoms with Crippen LogP contribution in [0.15, 0.2) is 30.7 Å². The van der Waals surface area contributed by atoms with Crippen LogP contribution in [0.3, 0.4) is 0 Å². The molecule has 1 aromatic carbocycles. The van der Waals surface area contributed by atoms with Crippen LogP contribution in [0.4, 0.5) is 5.69 Å². The van der Waals surface area contributed by atoms with Crippen LogP contribution in [0.25, 0.3) is 0 Å². The molecule has 1 N–H and O–H groups in total. The maximum absolute atomic E-state index is 6.20. The number of nitrogens with one attached hydrogen (secondary N) is 1. The Kier molecular flexibility index (Phi) is 3.00. The second kappa shape index (κ2) is 4.65. The molecule has 1 aliphatic carbocycles. The van der Waals surface area contributed by atoms with Crippen molar-refractivity contribution >= 4 is 17.3 Å². The fourth-order valence-corrected chi connectivity index (χ4v) is 2.40. The molecule has 4 heteroatoms. The third-order valence-electron chi connectivity index (χ3n) is 3.27. The summed E-state index contributed by atoms with van der Waals surface area (Å²) in [5.41, 5.74) is 3.37. The lowest BCUT2D eigenvalue weighted by atomic mass is 10.2. The van der Waals surface area contributed by atoms with Crippen molar-refractivity contribution in [1.29, 1.82) is 0 Å². The molecule has 0 aliphatic heterocycles. The first-order valence-electron chi connectivity index (χ1n) is 6.25. The quantitative estimate of drug-likeness (QED) is 0.907. The Morgan fingerprint density at radius 3 is 3.00 bits per heavy atom. The first kappa shape index (κ1) is 11.6. The summed E-state index contributed by atoms with van der Waals surface area (Å²) < 4.78 is 2.26. The molecule has 0 radical (unpaired) electrons. The topological polar surface area (TPSA) is 29.9 Å². The van der Waals surface area contributed by atoms with Crippen molar-refractivity contribution in [2.45, 2.75) is 32.4 Å². The van der Waals surface area contributed by atoms with E-state index in [-0.39, 0.29) is 0 Å². The van der Waals surface area contributed by atoms with Crippen LogP contribution < -0.4 is 5.32 Å². The minimum absolute atomic E-state index is 0.665. The molecule has 0 spiro atoms. The molecule has 1 fully saturated rings. The fourth-order valence-electron chi connectivity index (χ4n) is 2.10. The summed E-state index contributed by atoms with van der Waals surface area (Å²) in [7, 11) is 0. The van der Waals surface area contributed by atoms with E-state index in [0.717, 1.165) is 17.3 Å². The van der Waals surface area contributed by atoms with Gasteiger partial charge in [0.05, 0.1) is 29.3 Å². The Morgan fingerprint density at radius 1 is 1.44 bits per heavy atom. The second-order valence-electron chi connectivity index (χ2n) is 4.86. The van der Waals surface area contributed by atoms with Crippen LogP contribution in [0.2, 0.25) is 5.02 Å². The van der Waals surface area contributed by atoms with E-state index in [2.05, 4.69) is 20.9 Å². The summed E-state index contributed by atoms with van der Waals surface area (Å²) >= 11 is 6.20. The van der Waals surface area contributed by atoms with E-state index in [1.54, 1.807) is 0 Å². The molecule has 1 aromatic heterocycles. The van der Waals surface area contributed by atoms with E-state index in [1.807, 2.05) is 31.6 Å². The molecule has 0 amide bonds. The van der Waals surface area contributed by atoms with Gasteiger partial charge in [0.1, 0.15) is 0 Å². The van der Waals surface area contributed by atoms with E-state index in [4.69, 9.17) is 11.6 Å². The zero-order valence-electron chi connectivity index (χ0n) is 10.4. The van der Waals surface area contributed by atoms with Gasteiger partial charge in [0.25, 0.3) is 0 Å². The molecule has 0 unspecified atom stereocenters. The average Bonchev–Trinajstić information content (AvgIpc) is 3.08. The Hall–Kier alpha value is -1.48. The summed E-state index contributed by atoms with van der Waals surface area (Å²) in [6.07, 6.45) is 6.39. The van der Waals surface area contributed by atoms with E-state index in [9.17, 15) is 0 Å². The number of aryl methyl sites for hydroxylation is 1. The molecule has 0 saturated heterocycles. The van der Waals surface area contributed by atoms with Crippen molar-refractivity contribution in [2.24, 2.45) is 0 Å². The fraction of sp³-hybridized carbons (Fsp3) is 0.357. The lowest BCUT2D eigenvalue weighted by Gasteiger charge is -2.10. The summed E-state index contributed by atoms with van der Waals surface area (Å²) in [5, 5.41) is 4.14. The number of anilines is 1. The monoisotopic (exact) mass is 261 g/mol. The molecule has 1 heterocycles. The largest absolute Gasteiger partial charge is 0.378 e. The first-order chi connectivity index (χ1) is 8.74. The van der Waals surface area contributed by atoms with Crippen LogP contribution in [-0.4, -0.2) is 9.55 Å². The van der Waals surface area contributed by atoms with Gasteiger partial charge < -0.3 is 9.88 Å². The summed E-state index contributed by atoms with van der Waals surface area (Å²) in [6.45, 7) is 2.80. The minimum Gasteiger partial charge on any atom is -0.378 e. The van der Waals surface area contributed by atoms with Crippen molar-refractivity contribution in [2.75, 3.05) is 5.32 Å². The second-order valence-corrected chi connectivity index (χ2v) is 5.27.